The largest absolute Gasteiger partial charge is 0.326 e. The predicted octanol–water partition coefficient (Wildman–Crippen LogP) is 2.73. The molecule has 0 aliphatic heterocycles. The Hall–Kier alpha value is -1.50. The SMILES string of the molecule is NCc1ccc(NC(=O)CCCS(=O)c2cccs2)cc1. The molecule has 0 fully saturated rings. The fraction of sp³-hybridized carbons (Fsp3) is 0.267. The Labute approximate surface area is 130 Å². The van der Waals surface area contributed by atoms with E-state index in [1.165, 1.54) is 11.3 Å². The van der Waals surface area contributed by atoms with E-state index in [4.69, 9.17) is 5.73 Å². The lowest BCUT2D eigenvalue weighted by atomic mass is 10.2. The number of thiophene rings is 1. The number of hydrogen-bond donors (Lipinski definition) is 2. The first-order valence-corrected chi connectivity index (χ1v) is 8.89. The van der Waals surface area contributed by atoms with Crippen LogP contribution in [0.25, 0.3) is 0 Å². The second-order valence-corrected chi connectivity index (χ2v) is 7.28. The average molecular weight is 322 g/mol. The van der Waals surface area contributed by atoms with Crippen molar-refractivity contribution in [2.45, 2.75) is 23.6 Å². The number of carbonyl (C=O) groups is 1. The molecule has 6 heteroatoms. The van der Waals surface area contributed by atoms with E-state index in [-0.39, 0.29) is 5.91 Å². The van der Waals surface area contributed by atoms with Gasteiger partial charge in [-0.15, -0.1) is 11.3 Å². The summed E-state index contributed by atoms with van der Waals surface area (Å²) in [6, 6.07) is 11.2. The maximum atomic E-state index is 11.9. The Morgan fingerprint density at radius 1 is 1.24 bits per heavy atom. The zero-order valence-electron chi connectivity index (χ0n) is 11.6. The third-order valence-electron chi connectivity index (χ3n) is 2.93. The van der Waals surface area contributed by atoms with Crippen molar-refractivity contribution in [2.75, 3.05) is 11.1 Å². The number of carbonyl (C=O) groups excluding carboxylic acids is 1. The number of hydrogen-bond acceptors (Lipinski definition) is 4. The van der Waals surface area contributed by atoms with E-state index in [2.05, 4.69) is 5.32 Å². The van der Waals surface area contributed by atoms with Gasteiger partial charge in [-0.25, -0.2) is 0 Å². The van der Waals surface area contributed by atoms with E-state index in [1.807, 2.05) is 41.8 Å². The van der Waals surface area contributed by atoms with Gasteiger partial charge >= 0.3 is 0 Å². The predicted molar refractivity (Wildman–Crippen MR) is 87.8 cm³/mol. The van der Waals surface area contributed by atoms with E-state index < -0.39 is 10.8 Å². The highest BCUT2D eigenvalue weighted by Gasteiger charge is 2.07. The van der Waals surface area contributed by atoms with E-state index in [0.29, 0.717) is 25.1 Å². The van der Waals surface area contributed by atoms with Crippen LogP contribution in [0.2, 0.25) is 0 Å². The molecule has 0 bridgehead atoms. The van der Waals surface area contributed by atoms with Crippen LogP contribution in [0, 0.1) is 0 Å². The summed E-state index contributed by atoms with van der Waals surface area (Å²) >= 11 is 1.49. The van der Waals surface area contributed by atoms with Crippen LogP contribution in [-0.2, 0) is 22.1 Å². The van der Waals surface area contributed by atoms with Gasteiger partial charge in [0.25, 0.3) is 0 Å². The number of amides is 1. The molecule has 112 valence electrons. The first kappa shape index (κ1) is 15.9. The third-order valence-corrected chi connectivity index (χ3v) is 5.68. The van der Waals surface area contributed by atoms with Crippen molar-refractivity contribution < 1.29 is 9.00 Å². The molecule has 2 rings (SSSR count). The molecule has 0 saturated heterocycles. The molecule has 1 aromatic carbocycles. The maximum Gasteiger partial charge on any atom is 0.224 e. The summed E-state index contributed by atoms with van der Waals surface area (Å²) in [4.78, 5) is 11.8. The molecule has 1 atom stereocenters. The smallest absolute Gasteiger partial charge is 0.224 e. The van der Waals surface area contributed by atoms with Crippen LogP contribution in [-0.4, -0.2) is 15.9 Å². The minimum absolute atomic E-state index is 0.0568. The molecule has 1 aromatic heterocycles. The molecule has 0 spiro atoms. The van der Waals surface area contributed by atoms with Crippen LogP contribution in [0.3, 0.4) is 0 Å². The van der Waals surface area contributed by atoms with Crippen molar-refractivity contribution in [1.82, 2.24) is 0 Å². The number of anilines is 1. The van der Waals surface area contributed by atoms with E-state index >= 15 is 0 Å². The number of nitrogens with two attached hydrogens (primary N) is 1. The van der Waals surface area contributed by atoms with Crippen molar-refractivity contribution >= 4 is 33.7 Å². The minimum atomic E-state index is -0.995. The minimum Gasteiger partial charge on any atom is -0.326 e. The first-order valence-electron chi connectivity index (χ1n) is 6.70. The summed E-state index contributed by atoms with van der Waals surface area (Å²) in [5, 5.41) is 4.73. The number of nitrogens with one attached hydrogen (secondary N) is 1. The zero-order valence-corrected chi connectivity index (χ0v) is 13.2. The van der Waals surface area contributed by atoms with Crippen LogP contribution < -0.4 is 11.1 Å². The lowest BCUT2D eigenvalue weighted by Gasteiger charge is -2.06. The van der Waals surface area contributed by atoms with E-state index in [9.17, 15) is 9.00 Å². The van der Waals surface area contributed by atoms with Crippen molar-refractivity contribution in [3.8, 4) is 0 Å². The lowest BCUT2D eigenvalue weighted by Crippen LogP contribution is -2.12. The van der Waals surface area contributed by atoms with Gasteiger partial charge in [-0.3, -0.25) is 9.00 Å². The van der Waals surface area contributed by atoms with Gasteiger partial charge in [0.2, 0.25) is 5.91 Å². The molecule has 4 nitrogen and oxygen atoms in total. The Bertz CT molecular complexity index is 595. The molecule has 1 heterocycles. The summed E-state index contributed by atoms with van der Waals surface area (Å²) in [5.74, 6) is 0.457. The molecule has 2 aromatic rings. The Balaban J connectivity index is 1.73. The number of benzene rings is 1. The topological polar surface area (TPSA) is 72.2 Å². The van der Waals surface area contributed by atoms with Crippen LogP contribution in [0.5, 0.6) is 0 Å². The summed E-state index contributed by atoms with van der Waals surface area (Å²) in [6.07, 6.45) is 0.979. The second kappa shape index (κ2) is 8.07. The lowest BCUT2D eigenvalue weighted by molar-refractivity contribution is -0.116. The fourth-order valence-corrected chi connectivity index (χ4v) is 3.94. The van der Waals surface area contributed by atoms with Gasteiger partial charge in [0.1, 0.15) is 0 Å². The van der Waals surface area contributed by atoms with Gasteiger partial charge < -0.3 is 11.1 Å². The highest BCUT2D eigenvalue weighted by atomic mass is 32.2. The molecule has 1 amide bonds. The van der Waals surface area contributed by atoms with Gasteiger partial charge in [-0.05, 0) is 35.6 Å². The molecule has 0 aliphatic rings. The first-order chi connectivity index (χ1) is 10.2. The highest BCUT2D eigenvalue weighted by Crippen LogP contribution is 2.15. The quantitative estimate of drug-likeness (QED) is 0.823. The molecule has 21 heavy (non-hydrogen) atoms. The Morgan fingerprint density at radius 3 is 2.62 bits per heavy atom. The highest BCUT2D eigenvalue weighted by molar-refractivity contribution is 7.87. The maximum absolute atomic E-state index is 11.9. The van der Waals surface area contributed by atoms with Gasteiger partial charge in [0.15, 0.2) is 0 Å². The fourth-order valence-electron chi connectivity index (χ4n) is 1.81. The van der Waals surface area contributed by atoms with Gasteiger partial charge in [-0.1, -0.05) is 18.2 Å². The normalized spacial score (nSPS) is 12.0. The second-order valence-electron chi connectivity index (χ2n) is 4.53. The molecule has 3 N–H and O–H groups in total. The average Bonchev–Trinajstić information content (AvgIpc) is 3.02. The standard InChI is InChI=1S/C15H18N2O2S2/c16-11-12-5-7-13(8-6-12)17-14(18)3-2-10-21(19)15-4-1-9-20-15/h1,4-9H,2-3,10-11,16H2,(H,17,18). The molecule has 1 unspecified atom stereocenters. The zero-order chi connectivity index (χ0) is 15.1. The van der Waals surface area contributed by atoms with E-state index in [0.717, 1.165) is 15.5 Å². The van der Waals surface area contributed by atoms with Gasteiger partial charge in [-0.2, -0.15) is 0 Å². The van der Waals surface area contributed by atoms with Gasteiger partial charge in [0.05, 0.1) is 15.0 Å². The van der Waals surface area contributed by atoms with E-state index in [1.54, 1.807) is 0 Å². The molecule has 0 saturated carbocycles. The molecule has 0 aliphatic carbocycles. The Morgan fingerprint density at radius 2 is 2.00 bits per heavy atom. The third kappa shape index (κ3) is 5.08. The summed E-state index contributed by atoms with van der Waals surface area (Å²) in [6.45, 7) is 0.489. The van der Waals surface area contributed by atoms with Crippen LogP contribution >= 0.6 is 11.3 Å². The number of rotatable bonds is 7. The van der Waals surface area contributed by atoms with Crippen LogP contribution in [0.1, 0.15) is 18.4 Å². The molecular weight excluding hydrogens is 304 g/mol. The molecular formula is C15H18N2O2S2. The Kier molecular flexibility index (Phi) is 6.10. The van der Waals surface area contributed by atoms with Crippen LogP contribution in [0.4, 0.5) is 5.69 Å². The summed E-state index contributed by atoms with van der Waals surface area (Å²) in [7, 11) is -0.995. The summed E-state index contributed by atoms with van der Waals surface area (Å²) in [5.41, 5.74) is 7.31. The van der Waals surface area contributed by atoms with Crippen molar-refractivity contribution in [3.05, 3.63) is 47.3 Å². The van der Waals surface area contributed by atoms with Crippen molar-refractivity contribution in [3.63, 3.8) is 0 Å². The van der Waals surface area contributed by atoms with Crippen LogP contribution in [0.15, 0.2) is 46.0 Å². The van der Waals surface area contributed by atoms with Crippen molar-refractivity contribution in [1.29, 1.82) is 0 Å². The summed E-state index contributed by atoms with van der Waals surface area (Å²) < 4.78 is 12.8. The van der Waals surface area contributed by atoms with Gasteiger partial charge in [0, 0.05) is 24.4 Å². The monoisotopic (exact) mass is 322 g/mol. The molecule has 0 radical (unpaired) electrons. The van der Waals surface area contributed by atoms with Crippen molar-refractivity contribution in [2.24, 2.45) is 5.73 Å².